The van der Waals surface area contributed by atoms with Crippen LogP contribution in [0, 0.1) is 0 Å². The van der Waals surface area contributed by atoms with Crippen LogP contribution in [0.5, 0.6) is 0 Å². The van der Waals surface area contributed by atoms with Crippen LogP contribution in [0.1, 0.15) is 13.3 Å². The molecular weight excluding hydrogens is 180 g/mol. The van der Waals surface area contributed by atoms with Crippen molar-refractivity contribution in [2.75, 3.05) is 0 Å². The predicted molar refractivity (Wildman–Crippen MR) is 42.7 cm³/mol. The van der Waals surface area contributed by atoms with Gasteiger partial charge in [-0.1, -0.05) is 0 Å². The van der Waals surface area contributed by atoms with Crippen molar-refractivity contribution in [3.63, 3.8) is 0 Å². The van der Waals surface area contributed by atoms with Crippen LogP contribution < -0.4 is 11.1 Å². The quantitative estimate of drug-likeness (QED) is 0.457. The highest BCUT2D eigenvalue weighted by Crippen LogP contribution is 1.90. The summed E-state index contributed by atoms with van der Waals surface area (Å²) in [5.74, 6) is -2.55. The van der Waals surface area contributed by atoms with Crippen molar-refractivity contribution in [1.29, 1.82) is 0 Å². The molecule has 0 aromatic rings. The Bertz CT molecular complexity index is 199. The average molecular weight is 192 g/mol. The maximum absolute atomic E-state index is 10.4. The molecule has 0 rings (SSSR count). The second kappa shape index (κ2) is 5.95. The van der Waals surface area contributed by atoms with E-state index in [1.165, 1.54) is 0 Å². The number of nitrogens with one attached hydrogen (secondary N) is 1. The molecule has 1 atom stereocenters. The number of carbonyl (C=O) groups is 3. The Kier molecular flexibility index (Phi) is 6.37. The van der Waals surface area contributed by atoms with E-state index in [4.69, 9.17) is 10.8 Å². The van der Waals surface area contributed by atoms with Crippen molar-refractivity contribution >= 4 is 17.8 Å². The van der Waals surface area contributed by atoms with E-state index in [2.05, 4.69) is 5.32 Å². The van der Waals surface area contributed by atoms with Gasteiger partial charge in [-0.2, -0.15) is 0 Å². The summed E-state index contributed by atoms with van der Waals surface area (Å²) in [7, 11) is 0. The number of primary amides is 1. The van der Waals surface area contributed by atoms with Crippen LogP contribution in [0.2, 0.25) is 0 Å². The van der Waals surface area contributed by atoms with E-state index in [1.807, 2.05) is 0 Å². The summed E-state index contributed by atoms with van der Waals surface area (Å²) in [6, 6.07) is -1.22. The number of aliphatic carboxylic acids is 1. The lowest BCUT2D eigenvalue weighted by molar-refractivity contribution is -0.143. The van der Waals surface area contributed by atoms with E-state index < -0.39 is 30.2 Å². The molecule has 0 aliphatic heterocycles. The van der Waals surface area contributed by atoms with Gasteiger partial charge in [0.15, 0.2) is 0 Å². The fraction of sp³-hybridized carbons (Fsp3) is 0.500. The largest absolute Gasteiger partial charge is 0.480 e. The van der Waals surface area contributed by atoms with E-state index in [0.29, 0.717) is 0 Å². The monoisotopic (exact) mass is 192 g/mol. The zero-order valence-electron chi connectivity index (χ0n) is 7.03. The number of hydrogen-bond acceptors (Lipinski definition) is 3. The van der Waals surface area contributed by atoms with Gasteiger partial charge in [0, 0.05) is 6.92 Å². The zero-order valence-corrected chi connectivity index (χ0v) is 7.03. The Balaban J connectivity index is 0. The summed E-state index contributed by atoms with van der Waals surface area (Å²) in [5.41, 5.74) is 4.75. The first-order valence-electron chi connectivity index (χ1n) is 3.21. The van der Waals surface area contributed by atoms with Gasteiger partial charge in [-0.25, -0.2) is 4.79 Å². The normalized spacial score (nSPS) is 10.8. The van der Waals surface area contributed by atoms with Gasteiger partial charge in [-0.05, 0) is 0 Å². The Morgan fingerprint density at radius 2 is 1.92 bits per heavy atom. The SMILES string of the molecule is CC(=O)NC(CC(N)=O)C(=O)O.O. The smallest absolute Gasteiger partial charge is 0.326 e. The van der Waals surface area contributed by atoms with Crippen molar-refractivity contribution in [1.82, 2.24) is 5.32 Å². The first kappa shape index (κ1) is 13.9. The molecule has 76 valence electrons. The Hall–Kier alpha value is -1.63. The fourth-order valence-corrected chi connectivity index (χ4v) is 0.647. The van der Waals surface area contributed by atoms with Gasteiger partial charge in [0.05, 0.1) is 6.42 Å². The van der Waals surface area contributed by atoms with Gasteiger partial charge in [0.2, 0.25) is 11.8 Å². The highest BCUT2D eigenvalue weighted by atomic mass is 16.4. The molecule has 0 saturated carbocycles. The van der Waals surface area contributed by atoms with Gasteiger partial charge < -0.3 is 21.6 Å². The molecule has 1 unspecified atom stereocenters. The van der Waals surface area contributed by atoms with Crippen LogP contribution in [0.15, 0.2) is 0 Å². The summed E-state index contributed by atoms with van der Waals surface area (Å²) < 4.78 is 0. The van der Waals surface area contributed by atoms with Crippen LogP contribution in [0.3, 0.4) is 0 Å². The molecule has 0 aromatic carbocycles. The highest BCUT2D eigenvalue weighted by molar-refractivity contribution is 5.87. The van der Waals surface area contributed by atoms with Gasteiger partial charge in [0.1, 0.15) is 6.04 Å². The maximum Gasteiger partial charge on any atom is 0.326 e. The van der Waals surface area contributed by atoms with Crippen molar-refractivity contribution in [2.24, 2.45) is 5.73 Å². The van der Waals surface area contributed by atoms with E-state index >= 15 is 0 Å². The molecule has 0 saturated heterocycles. The summed E-state index contributed by atoms with van der Waals surface area (Å²) in [4.78, 5) is 31.1. The van der Waals surface area contributed by atoms with Crippen LogP contribution in [0.4, 0.5) is 0 Å². The minimum Gasteiger partial charge on any atom is -0.480 e. The number of amides is 2. The predicted octanol–water partition coefficient (Wildman–Crippen LogP) is -2.37. The number of carboxylic acid groups (broad SMARTS) is 1. The molecular formula is C6H12N2O5. The molecule has 2 amide bonds. The van der Waals surface area contributed by atoms with E-state index in [9.17, 15) is 14.4 Å². The van der Waals surface area contributed by atoms with Crippen molar-refractivity contribution in [2.45, 2.75) is 19.4 Å². The summed E-state index contributed by atoms with van der Waals surface area (Å²) >= 11 is 0. The average Bonchev–Trinajstić information content (AvgIpc) is 1.83. The molecule has 0 aromatic heterocycles. The number of carbonyl (C=O) groups excluding carboxylic acids is 2. The van der Waals surface area contributed by atoms with Gasteiger partial charge in [0.25, 0.3) is 0 Å². The second-order valence-electron chi connectivity index (χ2n) is 2.26. The number of carboxylic acids is 1. The van der Waals surface area contributed by atoms with Crippen molar-refractivity contribution < 1.29 is 25.0 Å². The molecule has 7 heteroatoms. The van der Waals surface area contributed by atoms with Gasteiger partial charge in [-0.3, -0.25) is 9.59 Å². The Morgan fingerprint density at radius 3 is 2.15 bits per heavy atom. The number of nitrogens with two attached hydrogens (primary N) is 1. The zero-order chi connectivity index (χ0) is 9.72. The van der Waals surface area contributed by atoms with Crippen molar-refractivity contribution in [3.8, 4) is 0 Å². The molecule has 0 fully saturated rings. The lowest BCUT2D eigenvalue weighted by Gasteiger charge is -2.09. The van der Waals surface area contributed by atoms with Crippen molar-refractivity contribution in [3.05, 3.63) is 0 Å². The first-order valence-corrected chi connectivity index (χ1v) is 3.21. The molecule has 0 heterocycles. The number of rotatable bonds is 4. The third kappa shape index (κ3) is 6.76. The van der Waals surface area contributed by atoms with E-state index in [0.717, 1.165) is 6.92 Å². The molecule has 0 aliphatic carbocycles. The minimum atomic E-state index is -1.27. The molecule has 0 bridgehead atoms. The molecule has 7 nitrogen and oxygen atoms in total. The van der Waals surface area contributed by atoms with E-state index in [-0.39, 0.29) is 5.48 Å². The third-order valence-electron chi connectivity index (χ3n) is 1.08. The first-order chi connectivity index (χ1) is 5.43. The molecule has 6 N–H and O–H groups in total. The molecule has 0 spiro atoms. The van der Waals surface area contributed by atoms with Crippen LogP contribution in [-0.2, 0) is 14.4 Å². The lowest BCUT2D eigenvalue weighted by atomic mass is 10.2. The molecule has 0 radical (unpaired) electrons. The van der Waals surface area contributed by atoms with E-state index in [1.54, 1.807) is 0 Å². The standard InChI is InChI=1S/C6H10N2O4.H2O/c1-3(9)8-4(6(11)12)2-5(7)10;/h4H,2H2,1H3,(H2,7,10)(H,8,9)(H,11,12);1H2. The number of hydrogen-bond donors (Lipinski definition) is 3. The fourth-order valence-electron chi connectivity index (χ4n) is 0.647. The minimum absolute atomic E-state index is 0. The third-order valence-corrected chi connectivity index (χ3v) is 1.08. The van der Waals surface area contributed by atoms with Crippen LogP contribution in [-0.4, -0.2) is 34.4 Å². The van der Waals surface area contributed by atoms with Gasteiger partial charge >= 0.3 is 5.97 Å². The molecule has 13 heavy (non-hydrogen) atoms. The lowest BCUT2D eigenvalue weighted by Crippen LogP contribution is -2.42. The Labute approximate surface area is 74.2 Å². The highest BCUT2D eigenvalue weighted by Gasteiger charge is 2.20. The Morgan fingerprint density at radius 1 is 1.46 bits per heavy atom. The maximum atomic E-state index is 10.4. The van der Waals surface area contributed by atoms with Crippen LogP contribution in [0.25, 0.3) is 0 Å². The summed E-state index contributed by atoms with van der Waals surface area (Å²) in [6.07, 6.45) is -0.394. The van der Waals surface area contributed by atoms with Gasteiger partial charge in [-0.15, -0.1) is 0 Å². The topological polar surface area (TPSA) is 141 Å². The summed E-state index contributed by atoms with van der Waals surface area (Å²) in [6.45, 7) is 1.16. The van der Waals surface area contributed by atoms with Crippen LogP contribution >= 0.6 is 0 Å². The summed E-state index contributed by atoms with van der Waals surface area (Å²) in [5, 5.41) is 10.5. The second-order valence-corrected chi connectivity index (χ2v) is 2.26. The molecule has 0 aliphatic rings.